The molecule has 0 spiro atoms. The van der Waals surface area contributed by atoms with Crippen molar-refractivity contribution in [3.63, 3.8) is 0 Å². The molecule has 1 aromatic carbocycles. The number of aryl methyl sites for hydroxylation is 1. The van der Waals surface area contributed by atoms with Crippen LogP contribution in [0, 0.1) is 0 Å². The van der Waals surface area contributed by atoms with Crippen molar-refractivity contribution >= 4 is 12.0 Å². The number of rotatable bonds is 3. The van der Waals surface area contributed by atoms with Gasteiger partial charge in [-0.3, -0.25) is 4.79 Å². The summed E-state index contributed by atoms with van der Waals surface area (Å²) >= 11 is 0. The summed E-state index contributed by atoms with van der Waals surface area (Å²) in [6.45, 7) is -0.0169. The van der Waals surface area contributed by atoms with Gasteiger partial charge in [-0.25, -0.2) is 0 Å². The van der Waals surface area contributed by atoms with E-state index in [-0.39, 0.29) is 12.4 Å². The Morgan fingerprint density at radius 3 is 3.13 bits per heavy atom. The van der Waals surface area contributed by atoms with E-state index in [4.69, 9.17) is 4.84 Å². The van der Waals surface area contributed by atoms with Crippen LogP contribution in [0.2, 0.25) is 0 Å². The lowest BCUT2D eigenvalue weighted by molar-refractivity contribution is -0.111. The predicted octanol–water partition coefficient (Wildman–Crippen LogP) is 1.26. The van der Waals surface area contributed by atoms with Crippen LogP contribution in [0.3, 0.4) is 0 Å². The highest BCUT2D eigenvalue weighted by molar-refractivity contribution is 6.04. The van der Waals surface area contributed by atoms with Crippen LogP contribution in [0.15, 0.2) is 23.4 Å². The first kappa shape index (κ1) is 9.71. The van der Waals surface area contributed by atoms with Gasteiger partial charge >= 0.3 is 0 Å². The van der Waals surface area contributed by atoms with Gasteiger partial charge in [0.15, 0.2) is 12.9 Å². The molecule has 1 aromatic rings. The molecule has 0 heterocycles. The number of carbonyl (C=O) groups is 1. The number of oxime groups is 1. The number of benzene rings is 1. The molecular weight excluding hydrogens is 194 g/mol. The third-order valence-corrected chi connectivity index (χ3v) is 2.35. The standard InChI is InChI=1S/C11H11NO3/c13-5-6-15-12-11-4-1-8-7-9(14)2-3-10(8)11/h2-3,5,7,14H,1,4,6H2/b12-11+. The lowest BCUT2D eigenvalue weighted by Crippen LogP contribution is -1.97. The first-order chi connectivity index (χ1) is 7.31. The Morgan fingerprint density at radius 1 is 1.47 bits per heavy atom. The lowest BCUT2D eigenvalue weighted by atomic mass is 10.1. The number of fused-ring (bicyclic) bond motifs is 1. The van der Waals surface area contributed by atoms with E-state index in [0.717, 1.165) is 29.7 Å². The maximum Gasteiger partial charge on any atom is 0.172 e. The maximum absolute atomic E-state index is 10.0. The average molecular weight is 205 g/mol. The summed E-state index contributed by atoms with van der Waals surface area (Å²) in [7, 11) is 0. The zero-order chi connectivity index (χ0) is 10.7. The summed E-state index contributed by atoms with van der Waals surface area (Å²) in [6, 6.07) is 5.18. The molecule has 0 atom stereocenters. The Bertz CT molecular complexity index is 412. The molecule has 0 aliphatic heterocycles. The second-order valence-corrected chi connectivity index (χ2v) is 3.34. The number of nitrogens with zero attached hydrogens (tertiary/aromatic N) is 1. The van der Waals surface area contributed by atoms with E-state index < -0.39 is 0 Å². The van der Waals surface area contributed by atoms with Crippen LogP contribution in [-0.2, 0) is 16.1 Å². The van der Waals surface area contributed by atoms with Crippen LogP contribution < -0.4 is 0 Å². The van der Waals surface area contributed by atoms with E-state index in [9.17, 15) is 9.90 Å². The summed E-state index contributed by atoms with van der Waals surface area (Å²) in [6.07, 6.45) is 2.31. The quantitative estimate of drug-likeness (QED) is 0.459. The van der Waals surface area contributed by atoms with Crippen molar-refractivity contribution in [2.24, 2.45) is 5.16 Å². The summed E-state index contributed by atoms with van der Waals surface area (Å²) in [4.78, 5) is 14.9. The molecule has 0 bridgehead atoms. The molecule has 2 rings (SSSR count). The predicted molar refractivity (Wildman–Crippen MR) is 55.0 cm³/mol. The van der Waals surface area contributed by atoms with Gasteiger partial charge in [0.05, 0.1) is 5.71 Å². The molecule has 0 saturated heterocycles. The fraction of sp³-hybridized carbons (Fsp3) is 0.273. The van der Waals surface area contributed by atoms with Gasteiger partial charge in [-0.2, -0.15) is 0 Å². The lowest BCUT2D eigenvalue weighted by Gasteiger charge is -2.00. The molecular formula is C11H11NO3. The van der Waals surface area contributed by atoms with Gasteiger partial charge in [-0.05, 0) is 36.6 Å². The Kier molecular flexibility index (Phi) is 2.67. The number of hydrogen-bond acceptors (Lipinski definition) is 4. The monoisotopic (exact) mass is 205 g/mol. The molecule has 15 heavy (non-hydrogen) atoms. The normalized spacial score (nSPS) is 16.4. The van der Waals surface area contributed by atoms with Gasteiger partial charge in [-0.15, -0.1) is 0 Å². The van der Waals surface area contributed by atoms with E-state index in [1.165, 1.54) is 0 Å². The highest BCUT2D eigenvalue weighted by Crippen LogP contribution is 2.26. The topological polar surface area (TPSA) is 58.9 Å². The van der Waals surface area contributed by atoms with Gasteiger partial charge in [0.1, 0.15) is 5.75 Å². The first-order valence-electron chi connectivity index (χ1n) is 4.76. The molecule has 0 saturated carbocycles. The zero-order valence-corrected chi connectivity index (χ0v) is 8.14. The van der Waals surface area contributed by atoms with Crippen molar-refractivity contribution in [3.05, 3.63) is 29.3 Å². The molecule has 0 unspecified atom stereocenters. The third kappa shape index (κ3) is 1.98. The summed E-state index contributed by atoms with van der Waals surface area (Å²) < 4.78 is 0. The molecule has 0 amide bonds. The fourth-order valence-electron chi connectivity index (χ4n) is 1.70. The smallest absolute Gasteiger partial charge is 0.172 e. The highest BCUT2D eigenvalue weighted by Gasteiger charge is 2.18. The number of hydrogen-bond donors (Lipinski definition) is 1. The Balaban J connectivity index is 2.21. The first-order valence-corrected chi connectivity index (χ1v) is 4.76. The number of carbonyl (C=O) groups excluding carboxylic acids is 1. The molecule has 1 N–H and O–H groups in total. The molecule has 78 valence electrons. The van der Waals surface area contributed by atoms with Crippen LogP contribution >= 0.6 is 0 Å². The van der Waals surface area contributed by atoms with Crippen molar-refractivity contribution in [1.29, 1.82) is 0 Å². The van der Waals surface area contributed by atoms with Gasteiger partial charge in [-0.1, -0.05) is 5.16 Å². The van der Waals surface area contributed by atoms with Crippen LogP contribution in [0.25, 0.3) is 0 Å². The van der Waals surface area contributed by atoms with Gasteiger partial charge < -0.3 is 9.94 Å². The Labute approximate surface area is 87.2 Å². The minimum atomic E-state index is -0.0169. The Hall–Kier alpha value is -1.84. The molecule has 4 heteroatoms. The van der Waals surface area contributed by atoms with Gasteiger partial charge in [0.2, 0.25) is 0 Å². The zero-order valence-electron chi connectivity index (χ0n) is 8.14. The molecule has 4 nitrogen and oxygen atoms in total. The molecule has 0 aromatic heterocycles. The number of aromatic hydroxyl groups is 1. The number of phenols is 1. The largest absolute Gasteiger partial charge is 0.508 e. The third-order valence-electron chi connectivity index (χ3n) is 2.35. The SMILES string of the molecule is O=CCO/N=C1\CCc2cc(O)ccc21. The van der Waals surface area contributed by atoms with E-state index in [0.29, 0.717) is 6.29 Å². The van der Waals surface area contributed by atoms with Crippen LogP contribution in [0.1, 0.15) is 17.5 Å². The fourth-order valence-corrected chi connectivity index (χ4v) is 1.70. The summed E-state index contributed by atoms with van der Waals surface area (Å²) in [5.41, 5.74) is 2.91. The number of phenolic OH excluding ortho intramolecular Hbond substituents is 1. The minimum Gasteiger partial charge on any atom is -0.508 e. The van der Waals surface area contributed by atoms with E-state index >= 15 is 0 Å². The highest BCUT2D eigenvalue weighted by atomic mass is 16.6. The van der Waals surface area contributed by atoms with Crippen LogP contribution in [-0.4, -0.2) is 23.7 Å². The van der Waals surface area contributed by atoms with E-state index in [1.807, 2.05) is 6.07 Å². The van der Waals surface area contributed by atoms with Crippen molar-refractivity contribution in [2.75, 3.05) is 6.61 Å². The van der Waals surface area contributed by atoms with Crippen LogP contribution in [0.4, 0.5) is 0 Å². The van der Waals surface area contributed by atoms with Crippen molar-refractivity contribution in [1.82, 2.24) is 0 Å². The van der Waals surface area contributed by atoms with Gasteiger partial charge in [0.25, 0.3) is 0 Å². The van der Waals surface area contributed by atoms with Crippen molar-refractivity contribution < 1.29 is 14.7 Å². The van der Waals surface area contributed by atoms with E-state index in [1.54, 1.807) is 12.1 Å². The van der Waals surface area contributed by atoms with Gasteiger partial charge in [0, 0.05) is 5.56 Å². The number of aldehydes is 1. The van der Waals surface area contributed by atoms with E-state index in [2.05, 4.69) is 5.16 Å². The molecule has 0 fully saturated rings. The second kappa shape index (κ2) is 4.13. The summed E-state index contributed by atoms with van der Waals surface area (Å²) in [5.74, 6) is 0.267. The van der Waals surface area contributed by atoms with Crippen molar-refractivity contribution in [3.8, 4) is 5.75 Å². The van der Waals surface area contributed by atoms with Crippen molar-refractivity contribution in [2.45, 2.75) is 12.8 Å². The summed E-state index contributed by atoms with van der Waals surface area (Å²) in [5, 5.41) is 13.2. The maximum atomic E-state index is 10.0. The minimum absolute atomic E-state index is 0.0169. The molecule has 0 radical (unpaired) electrons. The second-order valence-electron chi connectivity index (χ2n) is 3.34. The molecule has 1 aliphatic rings. The molecule has 1 aliphatic carbocycles. The Morgan fingerprint density at radius 2 is 2.33 bits per heavy atom. The average Bonchev–Trinajstić information content (AvgIpc) is 2.61. The van der Waals surface area contributed by atoms with Crippen LogP contribution in [0.5, 0.6) is 5.75 Å².